The van der Waals surface area contributed by atoms with Gasteiger partial charge in [-0.05, 0) is 24.7 Å². The van der Waals surface area contributed by atoms with Crippen LogP contribution in [-0.4, -0.2) is 0 Å². The SMILES string of the molecule is CC(C)(C)C1CC1(C)C#N. The van der Waals surface area contributed by atoms with Crippen molar-refractivity contribution in [2.75, 3.05) is 0 Å². The van der Waals surface area contributed by atoms with Crippen LogP contribution in [0.4, 0.5) is 0 Å². The highest BCUT2D eigenvalue weighted by molar-refractivity contribution is 5.16. The average Bonchev–Trinajstić information content (AvgIpc) is 2.43. The van der Waals surface area contributed by atoms with E-state index in [9.17, 15) is 0 Å². The first-order chi connectivity index (χ1) is 4.40. The quantitative estimate of drug-likeness (QED) is 0.503. The predicted octanol–water partition coefficient (Wildman–Crippen LogP) is 2.58. The lowest BCUT2D eigenvalue weighted by Gasteiger charge is -2.18. The van der Waals surface area contributed by atoms with Crippen LogP contribution in [-0.2, 0) is 0 Å². The molecular formula is C9H15N. The van der Waals surface area contributed by atoms with E-state index in [0.717, 1.165) is 6.42 Å². The van der Waals surface area contributed by atoms with E-state index in [1.807, 2.05) is 0 Å². The molecule has 1 saturated carbocycles. The third kappa shape index (κ3) is 1.03. The van der Waals surface area contributed by atoms with Gasteiger partial charge in [0.25, 0.3) is 0 Å². The third-order valence-electron chi connectivity index (χ3n) is 2.54. The molecule has 0 aliphatic heterocycles. The van der Waals surface area contributed by atoms with Crippen LogP contribution >= 0.6 is 0 Å². The lowest BCUT2D eigenvalue weighted by Crippen LogP contribution is -2.12. The Kier molecular flexibility index (Phi) is 1.33. The van der Waals surface area contributed by atoms with Crippen molar-refractivity contribution in [1.29, 1.82) is 5.26 Å². The van der Waals surface area contributed by atoms with Crippen molar-refractivity contribution in [2.24, 2.45) is 16.7 Å². The van der Waals surface area contributed by atoms with Crippen molar-refractivity contribution in [2.45, 2.75) is 34.1 Å². The van der Waals surface area contributed by atoms with Crippen molar-refractivity contribution in [3.05, 3.63) is 0 Å². The molecule has 0 heterocycles. The van der Waals surface area contributed by atoms with Crippen LogP contribution < -0.4 is 0 Å². The van der Waals surface area contributed by atoms with Gasteiger partial charge in [-0.1, -0.05) is 20.8 Å². The van der Waals surface area contributed by atoms with E-state index >= 15 is 0 Å². The minimum absolute atomic E-state index is 0.00174. The molecule has 2 atom stereocenters. The van der Waals surface area contributed by atoms with Crippen LogP contribution in [0.25, 0.3) is 0 Å². The van der Waals surface area contributed by atoms with Crippen LogP contribution in [0.5, 0.6) is 0 Å². The van der Waals surface area contributed by atoms with Gasteiger partial charge in [0.15, 0.2) is 0 Å². The van der Waals surface area contributed by atoms with Gasteiger partial charge in [0.2, 0.25) is 0 Å². The maximum absolute atomic E-state index is 8.75. The standard InChI is InChI=1S/C9H15N/c1-8(2,3)7-5-9(7,4)6-10/h7H,5H2,1-4H3. The fourth-order valence-electron chi connectivity index (χ4n) is 1.75. The molecule has 1 aliphatic carbocycles. The highest BCUT2D eigenvalue weighted by Gasteiger charge is 2.56. The van der Waals surface area contributed by atoms with Crippen LogP contribution in [0, 0.1) is 28.1 Å². The van der Waals surface area contributed by atoms with Crippen molar-refractivity contribution < 1.29 is 0 Å². The molecular weight excluding hydrogens is 122 g/mol. The lowest BCUT2D eigenvalue weighted by atomic mass is 9.86. The van der Waals surface area contributed by atoms with Crippen molar-refractivity contribution in [1.82, 2.24) is 0 Å². The van der Waals surface area contributed by atoms with E-state index in [-0.39, 0.29) is 5.41 Å². The highest BCUT2D eigenvalue weighted by Crippen LogP contribution is 2.60. The molecule has 0 saturated heterocycles. The first-order valence-corrected chi connectivity index (χ1v) is 3.81. The first kappa shape index (κ1) is 7.60. The maximum atomic E-state index is 8.75. The Morgan fingerprint density at radius 2 is 2.00 bits per heavy atom. The number of nitriles is 1. The van der Waals surface area contributed by atoms with Gasteiger partial charge >= 0.3 is 0 Å². The van der Waals surface area contributed by atoms with Gasteiger partial charge in [-0.15, -0.1) is 0 Å². The zero-order valence-corrected chi connectivity index (χ0v) is 7.23. The summed E-state index contributed by atoms with van der Waals surface area (Å²) in [5, 5.41) is 8.75. The molecule has 1 rings (SSSR count). The fourth-order valence-corrected chi connectivity index (χ4v) is 1.75. The van der Waals surface area contributed by atoms with Gasteiger partial charge in [-0.25, -0.2) is 0 Å². The Hall–Kier alpha value is -0.510. The van der Waals surface area contributed by atoms with Gasteiger partial charge in [-0.2, -0.15) is 5.26 Å². The molecule has 1 aliphatic rings. The molecule has 0 N–H and O–H groups in total. The summed E-state index contributed by atoms with van der Waals surface area (Å²) >= 11 is 0. The van der Waals surface area contributed by atoms with Gasteiger partial charge in [0, 0.05) is 0 Å². The number of hydrogen-bond acceptors (Lipinski definition) is 1. The van der Waals surface area contributed by atoms with E-state index in [2.05, 4.69) is 33.8 Å². The Balaban J connectivity index is 2.63. The molecule has 0 radical (unpaired) electrons. The highest BCUT2D eigenvalue weighted by atomic mass is 14.6. The van der Waals surface area contributed by atoms with Crippen LogP contribution in [0.3, 0.4) is 0 Å². The summed E-state index contributed by atoms with van der Waals surface area (Å²) in [5.74, 6) is 0.616. The summed E-state index contributed by atoms with van der Waals surface area (Å²) < 4.78 is 0. The van der Waals surface area contributed by atoms with E-state index < -0.39 is 0 Å². The molecule has 1 nitrogen and oxygen atoms in total. The van der Waals surface area contributed by atoms with Gasteiger partial charge in [0.05, 0.1) is 11.5 Å². The normalized spacial score (nSPS) is 38.9. The summed E-state index contributed by atoms with van der Waals surface area (Å²) in [7, 11) is 0. The molecule has 56 valence electrons. The Bertz CT molecular complexity index is 182. The van der Waals surface area contributed by atoms with Crippen molar-refractivity contribution in [3.63, 3.8) is 0 Å². The number of rotatable bonds is 0. The molecule has 0 bridgehead atoms. The van der Waals surface area contributed by atoms with Crippen molar-refractivity contribution in [3.8, 4) is 6.07 Å². The van der Waals surface area contributed by atoms with Gasteiger partial charge in [0.1, 0.15) is 0 Å². The molecule has 0 amide bonds. The molecule has 0 spiro atoms. The fraction of sp³-hybridized carbons (Fsp3) is 0.889. The van der Waals surface area contributed by atoms with E-state index in [1.54, 1.807) is 0 Å². The number of nitrogens with zero attached hydrogens (tertiary/aromatic N) is 1. The monoisotopic (exact) mass is 137 g/mol. The summed E-state index contributed by atoms with van der Waals surface area (Å²) in [5.41, 5.74) is 0.322. The topological polar surface area (TPSA) is 23.8 Å². The van der Waals surface area contributed by atoms with Crippen LogP contribution in [0.15, 0.2) is 0 Å². The Labute approximate surface area is 63.0 Å². The van der Waals surface area contributed by atoms with Crippen LogP contribution in [0.1, 0.15) is 34.1 Å². The Morgan fingerprint density at radius 1 is 1.50 bits per heavy atom. The summed E-state index contributed by atoms with van der Waals surface area (Å²) in [6.45, 7) is 8.68. The molecule has 2 unspecified atom stereocenters. The van der Waals surface area contributed by atoms with E-state index in [4.69, 9.17) is 5.26 Å². The maximum Gasteiger partial charge on any atom is 0.0690 e. The molecule has 10 heavy (non-hydrogen) atoms. The molecule has 1 fully saturated rings. The predicted molar refractivity (Wildman–Crippen MR) is 41.3 cm³/mol. The minimum atomic E-state index is -0.00174. The second kappa shape index (κ2) is 1.75. The second-order valence-electron chi connectivity index (χ2n) is 4.65. The molecule has 0 aromatic rings. The summed E-state index contributed by atoms with van der Waals surface area (Å²) in [4.78, 5) is 0. The average molecular weight is 137 g/mol. The third-order valence-corrected chi connectivity index (χ3v) is 2.54. The van der Waals surface area contributed by atoms with Crippen molar-refractivity contribution >= 4 is 0 Å². The molecule has 1 heteroatoms. The summed E-state index contributed by atoms with van der Waals surface area (Å²) in [6.07, 6.45) is 1.09. The van der Waals surface area contributed by atoms with E-state index in [1.165, 1.54) is 0 Å². The number of hydrogen-bond donors (Lipinski definition) is 0. The van der Waals surface area contributed by atoms with E-state index in [0.29, 0.717) is 11.3 Å². The smallest absolute Gasteiger partial charge is 0.0690 e. The second-order valence-corrected chi connectivity index (χ2v) is 4.65. The van der Waals surface area contributed by atoms with Crippen LogP contribution in [0.2, 0.25) is 0 Å². The zero-order valence-electron chi connectivity index (χ0n) is 7.23. The summed E-state index contributed by atoms with van der Waals surface area (Å²) in [6, 6.07) is 2.37. The first-order valence-electron chi connectivity index (χ1n) is 3.81. The largest absolute Gasteiger partial charge is 0.198 e. The minimum Gasteiger partial charge on any atom is -0.198 e. The zero-order chi connectivity index (χ0) is 7.99. The molecule has 0 aromatic heterocycles. The molecule has 0 aromatic carbocycles. The van der Waals surface area contributed by atoms with Gasteiger partial charge in [-0.3, -0.25) is 0 Å². The van der Waals surface area contributed by atoms with Gasteiger partial charge < -0.3 is 0 Å². The Morgan fingerprint density at radius 3 is 2.10 bits per heavy atom. The lowest BCUT2D eigenvalue weighted by molar-refractivity contribution is 0.316.